The van der Waals surface area contributed by atoms with Crippen molar-refractivity contribution >= 4 is 11.7 Å². The molecule has 110 valence electrons. The van der Waals surface area contributed by atoms with E-state index in [-0.39, 0.29) is 17.4 Å². The van der Waals surface area contributed by atoms with Crippen LogP contribution in [0.4, 0.5) is 10.2 Å². The van der Waals surface area contributed by atoms with Gasteiger partial charge in [0.15, 0.2) is 0 Å². The lowest BCUT2D eigenvalue weighted by Gasteiger charge is -2.08. The predicted molar refractivity (Wildman–Crippen MR) is 78.8 cm³/mol. The smallest absolute Gasteiger partial charge is 0.271 e. The number of nitrogens with one attached hydrogen (secondary N) is 2. The van der Waals surface area contributed by atoms with E-state index in [0.29, 0.717) is 18.8 Å². The number of nitrogens with zero attached hydrogens (tertiary/aromatic N) is 2. The number of aromatic nitrogens is 2. The van der Waals surface area contributed by atoms with Crippen molar-refractivity contribution < 1.29 is 9.18 Å². The highest BCUT2D eigenvalue weighted by Gasteiger charge is 2.08. The fourth-order valence-electron chi connectivity index (χ4n) is 1.94. The highest BCUT2D eigenvalue weighted by molar-refractivity contribution is 5.92. The molecule has 2 rings (SSSR count). The molecule has 1 amide bonds. The lowest BCUT2D eigenvalue weighted by atomic mass is 10.1. The van der Waals surface area contributed by atoms with Crippen LogP contribution in [0.25, 0.3) is 0 Å². The molecule has 0 bridgehead atoms. The van der Waals surface area contributed by atoms with E-state index in [0.717, 1.165) is 11.1 Å². The van der Waals surface area contributed by atoms with Crippen LogP contribution in [0.2, 0.25) is 0 Å². The van der Waals surface area contributed by atoms with E-state index in [9.17, 15) is 9.18 Å². The Balaban J connectivity index is 1.92. The first-order chi connectivity index (χ1) is 10.1. The molecule has 0 saturated heterocycles. The summed E-state index contributed by atoms with van der Waals surface area (Å²) in [5.74, 6) is 0.0100. The largest absolute Gasteiger partial charge is 0.372 e. The van der Waals surface area contributed by atoms with E-state index in [2.05, 4.69) is 20.6 Å². The van der Waals surface area contributed by atoms with Gasteiger partial charge in [-0.25, -0.2) is 9.37 Å². The third kappa shape index (κ3) is 3.98. The van der Waals surface area contributed by atoms with Gasteiger partial charge in [0, 0.05) is 13.6 Å². The van der Waals surface area contributed by atoms with Gasteiger partial charge in [0.1, 0.15) is 17.3 Å². The zero-order valence-electron chi connectivity index (χ0n) is 12.0. The molecule has 0 spiro atoms. The zero-order chi connectivity index (χ0) is 15.2. The van der Waals surface area contributed by atoms with Crippen LogP contribution in [0.1, 0.15) is 21.6 Å². The number of halogens is 1. The second-order valence-electron chi connectivity index (χ2n) is 4.62. The number of aryl methyl sites for hydroxylation is 1. The fraction of sp³-hybridized carbons (Fsp3) is 0.267. The third-order valence-electron chi connectivity index (χ3n) is 3.11. The molecule has 5 nitrogen and oxygen atoms in total. The molecule has 0 radical (unpaired) electrons. The lowest BCUT2D eigenvalue weighted by Crippen LogP contribution is -2.27. The molecule has 0 aliphatic heterocycles. The summed E-state index contributed by atoms with van der Waals surface area (Å²) in [6.45, 7) is 2.30. The Bertz CT molecular complexity index is 645. The third-order valence-corrected chi connectivity index (χ3v) is 3.11. The molecule has 0 atom stereocenters. The second kappa shape index (κ2) is 6.78. The van der Waals surface area contributed by atoms with Gasteiger partial charge in [-0.1, -0.05) is 6.07 Å². The van der Waals surface area contributed by atoms with Gasteiger partial charge in [0.2, 0.25) is 0 Å². The first kappa shape index (κ1) is 14.9. The molecule has 0 aliphatic rings. The Hall–Kier alpha value is -2.50. The number of anilines is 1. The summed E-state index contributed by atoms with van der Waals surface area (Å²) >= 11 is 0. The van der Waals surface area contributed by atoms with Gasteiger partial charge in [0.05, 0.1) is 12.4 Å². The number of amides is 1. The summed E-state index contributed by atoms with van der Waals surface area (Å²) in [7, 11) is 1.71. The average molecular weight is 288 g/mol. The topological polar surface area (TPSA) is 66.9 Å². The van der Waals surface area contributed by atoms with Crippen LogP contribution in [0.5, 0.6) is 0 Å². The van der Waals surface area contributed by atoms with E-state index in [1.165, 1.54) is 18.3 Å². The molecule has 2 N–H and O–H groups in total. The van der Waals surface area contributed by atoms with Crippen molar-refractivity contribution in [1.82, 2.24) is 15.3 Å². The number of hydrogen-bond donors (Lipinski definition) is 2. The van der Waals surface area contributed by atoms with Crippen molar-refractivity contribution in [3.8, 4) is 0 Å². The van der Waals surface area contributed by atoms with Crippen LogP contribution in [0.3, 0.4) is 0 Å². The monoisotopic (exact) mass is 288 g/mol. The van der Waals surface area contributed by atoms with E-state index in [1.54, 1.807) is 19.3 Å². The fourth-order valence-corrected chi connectivity index (χ4v) is 1.94. The van der Waals surface area contributed by atoms with Crippen molar-refractivity contribution in [1.29, 1.82) is 0 Å². The second-order valence-corrected chi connectivity index (χ2v) is 4.62. The standard InChI is InChI=1S/C15H17FN4O/c1-10-7-12(16)4-3-11(10)5-6-19-15(21)13-8-18-9-14(17-2)20-13/h3-4,7-9H,5-6H2,1-2H3,(H,17,20)(H,19,21). The van der Waals surface area contributed by atoms with Gasteiger partial charge in [-0.2, -0.15) is 0 Å². The Labute approximate surface area is 122 Å². The van der Waals surface area contributed by atoms with Gasteiger partial charge < -0.3 is 10.6 Å². The summed E-state index contributed by atoms with van der Waals surface area (Å²) in [5.41, 5.74) is 2.14. The van der Waals surface area contributed by atoms with Crippen molar-refractivity contribution in [2.75, 3.05) is 18.9 Å². The molecule has 1 aromatic carbocycles. The Morgan fingerprint density at radius 2 is 2.14 bits per heavy atom. The lowest BCUT2D eigenvalue weighted by molar-refractivity contribution is 0.0949. The molecule has 0 saturated carbocycles. The highest BCUT2D eigenvalue weighted by atomic mass is 19.1. The first-order valence-corrected chi connectivity index (χ1v) is 6.63. The molecular weight excluding hydrogens is 271 g/mol. The molecule has 6 heteroatoms. The number of benzene rings is 1. The van der Waals surface area contributed by atoms with Crippen LogP contribution in [0.15, 0.2) is 30.6 Å². The molecule has 0 unspecified atom stereocenters. The Kier molecular flexibility index (Phi) is 4.81. The minimum Gasteiger partial charge on any atom is -0.372 e. The minimum absolute atomic E-state index is 0.251. The van der Waals surface area contributed by atoms with Crippen molar-refractivity contribution in [3.63, 3.8) is 0 Å². The summed E-state index contributed by atoms with van der Waals surface area (Å²) in [4.78, 5) is 20.0. The van der Waals surface area contributed by atoms with Gasteiger partial charge in [-0.05, 0) is 36.6 Å². The summed E-state index contributed by atoms with van der Waals surface area (Å²) < 4.78 is 13.0. The normalized spacial score (nSPS) is 10.2. The van der Waals surface area contributed by atoms with E-state index < -0.39 is 0 Å². The number of rotatable bonds is 5. The number of carbonyl (C=O) groups is 1. The Morgan fingerprint density at radius 1 is 1.33 bits per heavy atom. The molecule has 1 heterocycles. The number of hydrogen-bond acceptors (Lipinski definition) is 4. The van der Waals surface area contributed by atoms with Crippen molar-refractivity contribution in [2.45, 2.75) is 13.3 Å². The Morgan fingerprint density at radius 3 is 2.86 bits per heavy atom. The summed E-state index contributed by atoms with van der Waals surface area (Å²) in [6.07, 6.45) is 3.59. The van der Waals surface area contributed by atoms with Crippen molar-refractivity contribution in [2.24, 2.45) is 0 Å². The summed E-state index contributed by atoms with van der Waals surface area (Å²) in [5, 5.41) is 5.61. The van der Waals surface area contributed by atoms with Gasteiger partial charge in [-0.3, -0.25) is 9.78 Å². The molecular formula is C15H17FN4O. The average Bonchev–Trinajstić information content (AvgIpc) is 2.49. The van der Waals surface area contributed by atoms with Crippen LogP contribution < -0.4 is 10.6 Å². The quantitative estimate of drug-likeness (QED) is 0.882. The van der Waals surface area contributed by atoms with Crippen LogP contribution in [-0.4, -0.2) is 29.5 Å². The SMILES string of the molecule is CNc1cncc(C(=O)NCCc2ccc(F)cc2C)n1. The van der Waals surface area contributed by atoms with E-state index in [1.807, 2.05) is 6.92 Å². The predicted octanol–water partition coefficient (Wildman–Crippen LogP) is 1.94. The molecule has 21 heavy (non-hydrogen) atoms. The summed E-state index contributed by atoms with van der Waals surface area (Å²) in [6, 6.07) is 4.64. The van der Waals surface area contributed by atoms with E-state index >= 15 is 0 Å². The molecule has 0 aliphatic carbocycles. The highest BCUT2D eigenvalue weighted by Crippen LogP contribution is 2.10. The maximum atomic E-state index is 13.0. The molecule has 0 fully saturated rings. The maximum absolute atomic E-state index is 13.0. The van der Waals surface area contributed by atoms with E-state index in [4.69, 9.17) is 0 Å². The number of carbonyl (C=O) groups excluding carboxylic acids is 1. The van der Waals surface area contributed by atoms with Crippen LogP contribution in [0, 0.1) is 12.7 Å². The zero-order valence-corrected chi connectivity index (χ0v) is 12.0. The minimum atomic E-state index is -0.278. The van der Waals surface area contributed by atoms with Crippen molar-refractivity contribution in [3.05, 3.63) is 53.2 Å². The van der Waals surface area contributed by atoms with Gasteiger partial charge >= 0.3 is 0 Å². The first-order valence-electron chi connectivity index (χ1n) is 6.63. The molecule has 1 aromatic heterocycles. The maximum Gasteiger partial charge on any atom is 0.271 e. The van der Waals surface area contributed by atoms with Crippen LogP contribution in [-0.2, 0) is 6.42 Å². The van der Waals surface area contributed by atoms with Crippen LogP contribution >= 0.6 is 0 Å². The van der Waals surface area contributed by atoms with Gasteiger partial charge in [-0.15, -0.1) is 0 Å². The van der Waals surface area contributed by atoms with Gasteiger partial charge in [0.25, 0.3) is 5.91 Å². The molecule has 2 aromatic rings.